The summed E-state index contributed by atoms with van der Waals surface area (Å²) in [5, 5.41) is 4.69. The molecular formula is C19H13F3N6O2S. The third-order valence-electron chi connectivity index (χ3n) is 5.01. The van der Waals surface area contributed by atoms with E-state index in [4.69, 9.17) is 0 Å². The summed E-state index contributed by atoms with van der Waals surface area (Å²) in [5.41, 5.74) is -0.737. The van der Waals surface area contributed by atoms with E-state index in [-0.39, 0.29) is 21.4 Å². The van der Waals surface area contributed by atoms with Crippen LogP contribution in [0.3, 0.4) is 0 Å². The molecule has 5 aromatic rings. The van der Waals surface area contributed by atoms with Crippen molar-refractivity contribution in [2.75, 3.05) is 0 Å². The minimum Gasteiger partial charge on any atom is -0.320 e. The molecule has 8 nitrogen and oxygen atoms in total. The maximum atomic E-state index is 13.2. The third kappa shape index (κ3) is 2.93. The van der Waals surface area contributed by atoms with Crippen molar-refractivity contribution >= 4 is 42.7 Å². The van der Waals surface area contributed by atoms with Crippen LogP contribution in [0.5, 0.6) is 0 Å². The zero-order chi connectivity index (χ0) is 22.1. The molecule has 0 saturated heterocycles. The van der Waals surface area contributed by atoms with Crippen LogP contribution in [0.1, 0.15) is 18.2 Å². The number of pyridine rings is 2. The van der Waals surface area contributed by atoms with Crippen molar-refractivity contribution in [1.29, 1.82) is 0 Å². The van der Waals surface area contributed by atoms with Gasteiger partial charge in [-0.1, -0.05) is 0 Å². The quantitative estimate of drug-likeness (QED) is 0.431. The Bertz CT molecular complexity index is 1630. The van der Waals surface area contributed by atoms with Gasteiger partial charge in [0.05, 0.1) is 33.0 Å². The second-order valence-corrected chi connectivity index (χ2v) is 7.99. The predicted octanol–water partition coefficient (Wildman–Crippen LogP) is 3.58. The predicted molar refractivity (Wildman–Crippen MR) is 110 cm³/mol. The lowest BCUT2D eigenvalue weighted by Crippen LogP contribution is -2.17. The van der Waals surface area contributed by atoms with Crippen LogP contribution in [-0.4, -0.2) is 29.7 Å². The molecule has 0 aliphatic rings. The van der Waals surface area contributed by atoms with Gasteiger partial charge in [0.15, 0.2) is 0 Å². The Balaban J connectivity index is 1.92. The molecule has 0 atom stereocenters. The van der Waals surface area contributed by atoms with E-state index in [2.05, 4.69) is 25.0 Å². The Kier molecular flexibility index (Phi) is 4.06. The fourth-order valence-electron chi connectivity index (χ4n) is 3.63. The first kappa shape index (κ1) is 19.4. The van der Waals surface area contributed by atoms with Crippen LogP contribution in [0.4, 0.5) is 13.2 Å². The maximum absolute atomic E-state index is 13.2. The standard InChI is InChI=1S/C19H13F3N6O2S/c1-3-28-6-8(5-23-28)12-11-14(27-18(30)26-12)15-13(25-16(11)29)10-7(2)4-9(19(20,21)22)24-17(10)31-15/h4-6H,3H2,1-2H3,(H,25,29)(H,26,27,30). The number of nitrogens with zero attached hydrogens (tertiary/aromatic N) is 4. The number of H-pyrrole nitrogens is 2. The molecule has 12 heteroatoms. The van der Waals surface area contributed by atoms with Gasteiger partial charge in [-0.05, 0) is 25.5 Å². The van der Waals surface area contributed by atoms with Gasteiger partial charge in [0.1, 0.15) is 10.5 Å². The molecule has 5 heterocycles. The van der Waals surface area contributed by atoms with Crippen molar-refractivity contribution in [2.45, 2.75) is 26.6 Å². The number of alkyl halides is 3. The number of aryl methyl sites for hydroxylation is 2. The summed E-state index contributed by atoms with van der Waals surface area (Å²) in [5.74, 6) is 0. The van der Waals surface area contributed by atoms with Crippen LogP contribution in [-0.2, 0) is 12.7 Å². The number of halogens is 3. The van der Waals surface area contributed by atoms with E-state index in [0.717, 1.165) is 17.4 Å². The highest BCUT2D eigenvalue weighted by Gasteiger charge is 2.33. The Morgan fingerprint density at radius 1 is 1.13 bits per heavy atom. The minimum atomic E-state index is -4.60. The Labute approximate surface area is 174 Å². The van der Waals surface area contributed by atoms with Gasteiger partial charge in [-0.2, -0.15) is 23.3 Å². The molecule has 0 fully saturated rings. The van der Waals surface area contributed by atoms with Crippen LogP contribution in [0, 0.1) is 6.92 Å². The summed E-state index contributed by atoms with van der Waals surface area (Å²) >= 11 is 0.967. The Morgan fingerprint density at radius 2 is 1.87 bits per heavy atom. The average molecular weight is 446 g/mol. The van der Waals surface area contributed by atoms with Crippen LogP contribution < -0.4 is 11.2 Å². The molecule has 2 N–H and O–H groups in total. The number of rotatable bonds is 2. The average Bonchev–Trinajstić information content (AvgIpc) is 3.31. The molecule has 5 rings (SSSR count). The summed E-state index contributed by atoms with van der Waals surface area (Å²) in [6.07, 6.45) is -1.44. The SMILES string of the molecule is CCn1cc(-c2nc(=O)[nH]c3c2c(=O)[nH]c2c3sc3nc(C(F)(F)F)cc(C)c32)cn1. The molecule has 31 heavy (non-hydrogen) atoms. The second kappa shape index (κ2) is 6.48. The second-order valence-electron chi connectivity index (χ2n) is 6.99. The summed E-state index contributed by atoms with van der Waals surface area (Å²) in [4.78, 5) is 38.5. The zero-order valence-corrected chi connectivity index (χ0v) is 16.9. The van der Waals surface area contributed by atoms with Crippen LogP contribution in [0.15, 0.2) is 28.0 Å². The first-order chi connectivity index (χ1) is 14.7. The number of hydrogen-bond donors (Lipinski definition) is 2. The molecular weight excluding hydrogens is 433 g/mol. The lowest BCUT2D eigenvalue weighted by Gasteiger charge is -2.07. The molecule has 0 unspecified atom stereocenters. The third-order valence-corrected chi connectivity index (χ3v) is 6.11. The van der Waals surface area contributed by atoms with Crippen molar-refractivity contribution in [3.05, 3.63) is 50.6 Å². The number of fused-ring (bicyclic) bond motifs is 5. The largest absolute Gasteiger partial charge is 0.433 e. The Morgan fingerprint density at radius 3 is 2.55 bits per heavy atom. The molecule has 0 aromatic carbocycles. The van der Waals surface area contributed by atoms with Crippen molar-refractivity contribution < 1.29 is 13.2 Å². The van der Waals surface area contributed by atoms with Crippen LogP contribution in [0.25, 0.3) is 42.6 Å². The molecule has 0 aliphatic heterocycles. The van der Waals surface area contributed by atoms with E-state index >= 15 is 0 Å². The minimum absolute atomic E-state index is 0.114. The van der Waals surface area contributed by atoms with E-state index in [9.17, 15) is 22.8 Å². The fourth-order valence-corrected chi connectivity index (χ4v) is 4.84. The van der Waals surface area contributed by atoms with E-state index in [1.807, 2.05) is 6.92 Å². The summed E-state index contributed by atoms with van der Waals surface area (Å²) in [7, 11) is 0. The van der Waals surface area contributed by atoms with Gasteiger partial charge >= 0.3 is 11.9 Å². The van der Waals surface area contributed by atoms with Gasteiger partial charge in [-0.3, -0.25) is 9.48 Å². The molecule has 5 aromatic heterocycles. The number of aromatic nitrogens is 6. The lowest BCUT2D eigenvalue weighted by atomic mass is 10.1. The van der Waals surface area contributed by atoms with Gasteiger partial charge in [-0.15, -0.1) is 11.3 Å². The normalized spacial score (nSPS) is 12.4. The molecule has 0 amide bonds. The van der Waals surface area contributed by atoms with Gasteiger partial charge in [0.25, 0.3) is 5.56 Å². The molecule has 0 bridgehead atoms. The van der Waals surface area contributed by atoms with Crippen molar-refractivity contribution in [3.8, 4) is 11.3 Å². The molecule has 0 aliphatic carbocycles. The summed E-state index contributed by atoms with van der Waals surface area (Å²) in [6.45, 7) is 4.00. The summed E-state index contributed by atoms with van der Waals surface area (Å²) < 4.78 is 41.7. The molecule has 0 saturated carbocycles. The zero-order valence-electron chi connectivity index (χ0n) is 16.1. The van der Waals surface area contributed by atoms with Crippen molar-refractivity contribution in [1.82, 2.24) is 29.7 Å². The lowest BCUT2D eigenvalue weighted by molar-refractivity contribution is -0.141. The van der Waals surface area contributed by atoms with E-state index in [1.165, 1.54) is 13.1 Å². The van der Waals surface area contributed by atoms with Crippen molar-refractivity contribution in [2.24, 2.45) is 0 Å². The van der Waals surface area contributed by atoms with Crippen LogP contribution >= 0.6 is 11.3 Å². The maximum Gasteiger partial charge on any atom is 0.433 e. The molecule has 0 spiro atoms. The monoisotopic (exact) mass is 446 g/mol. The van der Waals surface area contributed by atoms with E-state index in [0.29, 0.717) is 33.3 Å². The first-order valence-electron chi connectivity index (χ1n) is 9.17. The van der Waals surface area contributed by atoms with Gasteiger partial charge < -0.3 is 9.97 Å². The van der Waals surface area contributed by atoms with E-state index in [1.54, 1.807) is 10.9 Å². The van der Waals surface area contributed by atoms with Crippen LogP contribution in [0.2, 0.25) is 0 Å². The van der Waals surface area contributed by atoms with Gasteiger partial charge in [-0.25, -0.2) is 9.78 Å². The number of nitrogens with one attached hydrogen (secondary N) is 2. The number of thiophene rings is 1. The molecule has 0 radical (unpaired) electrons. The fraction of sp³-hybridized carbons (Fsp3) is 0.211. The van der Waals surface area contributed by atoms with E-state index < -0.39 is 23.1 Å². The summed E-state index contributed by atoms with van der Waals surface area (Å²) in [6, 6.07) is 0.941. The highest BCUT2D eigenvalue weighted by molar-refractivity contribution is 7.26. The molecule has 158 valence electrons. The van der Waals surface area contributed by atoms with Gasteiger partial charge in [0, 0.05) is 23.7 Å². The first-order valence-corrected chi connectivity index (χ1v) is 9.99. The highest BCUT2D eigenvalue weighted by Crippen LogP contribution is 2.39. The number of hydrogen-bond acceptors (Lipinski definition) is 6. The highest BCUT2D eigenvalue weighted by atomic mass is 32.1. The topological polar surface area (TPSA) is 109 Å². The Hall–Kier alpha value is -3.54. The smallest absolute Gasteiger partial charge is 0.320 e. The number of aromatic amines is 2. The van der Waals surface area contributed by atoms with Gasteiger partial charge in [0.2, 0.25) is 0 Å². The van der Waals surface area contributed by atoms with Crippen molar-refractivity contribution in [3.63, 3.8) is 0 Å².